The molecule has 2 aromatic rings. The zero-order chi connectivity index (χ0) is 9.42. The maximum atomic E-state index is 5.71. The van der Waals surface area contributed by atoms with Crippen LogP contribution < -0.4 is 5.73 Å². The van der Waals surface area contributed by atoms with Gasteiger partial charge in [0.15, 0.2) is 0 Å². The molecule has 2 aromatic heterocycles. The van der Waals surface area contributed by atoms with Gasteiger partial charge in [-0.1, -0.05) is 7.43 Å². The zero-order valence-electron chi connectivity index (χ0n) is 7.73. The average molecular weight is 192 g/mol. The van der Waals surface area contributed by atoms with Crippen LogP contribution in [0.25, 0.3) is 11.0 Å². The van der Waals surface area contributed by atoms with E-state index >= 15 is 0 Å². The first-order valence-corrected chi connectivity index (χ1v) is 4.27. The summed E-state index contributed by atoms with van der Waals surface area (Å²) in [6.45, 7) is 4.22. The van der Waals surface area contributed by atoms with E-state index in [1.54, 1.807) is 0 Å². The van der Waals surface area contributed by atoms with Gasteiger partial charge in [0.25, 0.3) is 0 Å². The van der Waals surface area contributed by atoms with Gasteiger partial charge in [0.2, 0.25) is 0 Å². The predicted octanol–water partition coefficient (Wildman–Crippen LogP) is 2.23. The van der Waals surface area contributed by atoms with Crippen LogP contribution in [0.2, 0.25) is 0 Å². The fourth-order valence-corrected chi connectivity index (χ4v) is 1.41. The van der Waals surface area contributed by atoms with Crippen LogP contribution in [0.1, 0.15) is 27.3 Å². The van der Waals surface area contributed by atoms with E-state index in [-0.39, 0.29) is 7.43 Å². The van der Waals surface area contributed by atoms with Gasteiger partial charge in [-0.25, -0.2) is 9.97 Å². The van der Waals surface area contributed by atoms with Crippen molar-refractivity contribution in [3.63, 3.8) is 0 Å². The molecule has 0 aliphatic rings. The van der Waals surface area contributed by atoms with Gasteiger partial charge in [0.1, 0.15) is 17.8 Å². The Morgan fingerprint density at radius 2 is 2.07 bits per heavy atom. The number of anilines is 1. The summed E-state index contributed by atoms with van der Waals surface area (Å²) >= 11 is 0. The molecular formula is C10H16N4. The van der Waals surface area contributed by atoms with Crippen LogP contribution in [0.3, 0.4) is 0 Å². The van der Waals surface area contributed by atoms with Crippen molar-refractivity contribution < 1.29 is 0 Å². The molecule has 76 valence electrons. The monoisotopic (exact) mass is 192 g/mol. The highest BCUT2D eigenvalue weighted by atomic mass is 15.1. The van der Waals surface area contributed by atoms with Gasteiger partial charge in [0, 0.05) is 12.2 Å². The number of hydrogen-bond acceptors (Lipinski definition) is 3. The molecule has 0 aliphatic carbocycles. The third-order valence-electron chi connectivity index (χ3n) is 2.10. The molecular weight excluding hydrogens is 176 g/mol. The van der Waals surface area contributed by atoms with Gasteiger partial charge < -0.3 is 10.3 Å². The molecule has 0 aliphatic heterocycles. The summed E-state index contributed by atoms with van der Waals surface area (Å²) in [5, 5.41) is 0.927. The average Bonchev–Trinajstić information content (AvgIpc) is 2.48. The smallest absolute Gasteiger partial charge is 0.145 e. The first kappa shape index (κ1) is 10.5. The lowest BCUT2D eigenvalue weighted by atomic mass is 10.4. The van der Waals surface area contributed by atoms with Gasteiger partial charge in [-0.15, -0.1) is 0 Å². The standard InChI is InChI=1S/C9H12N4.CH4/c1-6(2)13-4-3-7-8(10)11-5-12-9(7)13;/h3-6H,1-2H3,(H2,10,11,12);1H4. The van der Waals surface area contributed by atoms with Gasteiger partial charge in [-0.2, -0.15) is 0 Å². The molecule has 0 bridgehead atoms. The molecule has 0 fully saturated rings. The highest BCUT2D eigenvalue weighted by Gasteiger charge is 2.07. The van der Waals surface area contributed by atoms with Crippen LogP contribution in [-0.4, -0.2) is 14.5 Å². The Balaban J connectivity index is 0.000000980. The van der Waals surface area contributed by atoms with E-state index in [2.05, 4.69) is 28.4 Å². The van der Waals surface area contributed by atoms with Gasteiger partial charge >= 0.3 is 0 Å². The SMILES string of the molecule is C.CC(C)n1ccc2c(N)ncnc21. The van der Waals surface area contributed by atoms with Gasteiger partial charge in [0.05, 0.1) is 5.39 Å². The molecule has 0 saturated carbocycles. The maximum absolute atomic E-state index is 5.71. The van der Waals surface area contributed by atoms with Crippen molar-refractivity contribution in [2.24, 2.45) is 0 Å². The molecule has 4 heteroatoms. The van der Waals surface area contributed by atoms with Crippen LogP contribution >= 0.6 is 0 Å². The topological polar surface area (TPSA) is 56.7 Å². The van der Waals surface area contributed by atoms with E-state index in [0.717, 1.165) is 11.0 Å². The normalized spacial score (nSPS) is 10.5. The highest BCUT2D eigenvalue weighted by Crippen LogP contribution is 2.20. The quantitative estimate of drug-likeness (QED) is 0.753. The minimum Gasteiger partial charge on any atom is -0.383 e. The summed E-state index contributed by atoms with van der Waals surface area (Å²) in [6.07, 6.45) is 3.48. The van der Waals surface area contributed by atoms with E-state index in [0.29, 0.717) is 11.9 Å². The summed E-state index contributed by atoms with van der Waals surface area (Å²) < 4.78 is 2.08. The minimum absolute atomic E-state index is 0. The first-order chi connectivity index (χ1) is 6.20. The first-order valence-electron chi connectivity index (χ1n) is 4.27. The van der Waals surface area contributed by atoms with E-state index < -0.39 is 0 Å². The molecule has 14 heavy (non-hydrogen) atoms. The molecule has 2 N–H and O–H groups in total. The van der Waals surface area contributed by atoms with Crippen LogP contribution in [0.5, 0.6) is 0 Å². The molecule has 0 atom stereocenters. The van der Waals surface area contributed by atoms with E-state index in [1.165, 1.54) is 6.33 Å². The zero-order valence-corrected chi connectivity index (χ0v) is 7.73. The number of nitrogens with zero attached hydrogens (tertiary/aromatic N) is 3. The molecule has 0 saturated heterocycles. The molecule has 0 amide bonds. The summed E-state index contributed by atoms with van der Waals surface area (Å²) in [6, 6.07) is 2.34. The second-order valence-electron chi connectivity index (χ2n) is 3.31. The molecule has 0 aromatic carbocycles. The molecule has 0 spiro atoms. The molecule has 0 unspecified atom stereocenters. The second-order valence-corrected chi connectivity index (χ2v) is 3.31. The van der Waals surface area contributed by atoms with Crippen LogP contribution in [-0.2, 0) is 0 Å². The lowest BCUT2D eigenvalue weighted by Crippen LogP contribution is -2.00. The summed E-state index contributed by atoms with van der Waals surface area (Å²) in [4.78, 5) is 8.13. The van der Waals surface area contributed by atoms with Crippen molar-refractivity contribution in [2.45, 2.75) is 27.3 Å². The number of hydrogen-bond donors (Lipinski definition) is 1. The van der Waals surface area contributed by atoms with Crippen molar-refractivity contribution in [1.82, 2.24) is 14.5 Å². The Hall–Kier alpha value is -1.58. The van der Waals surface area contributed by atoms with Crippen LogP contribution in [0.4, 0.5) is 5.82 Å². The lowest BCUT2D eigenvalue weighted by molar-refractivity contribution is 0.617. The fourth-order valence-electron chi connectivity index (χ4n) is 1.41. The highest BCUT2D eigenvalue weighted by molar-refractivity contribution is 5.86. The van der Waals surface area contributed by atoms with Crippen molar-refractivity contribution in [2.75, 3.05) is 5.73 Å². The third kappa shape index (κ3) is 1.43. The van der Waals surface area contributed by atoms with Crippen LogP contribution in [0.15, 0.2) is 18.6 Å². The number of nitrogen functional groups attached to an aromatic ring is 1. The van der Waals surface area contributed by atoms with Crippen molar-refractivity contribution in [1.29, 1.82) is 0 Å². The largest absolute Gasteiger partial charge is 0.383 e. The number of rotatable bonds is 1. The van der Waals surface area contributed by atoms with Crippen molar-refractivity contribution in [3.8, 4) is 0 Å². The Labute approximate surface area is 83.8 Å². The van der Waals surface area contributed by atoms with E-state index in [4.69, 9.17) is 5.73 Å². The van der Waals surface area contributed by atoms with Gasteiger partial charge in [-0.05, 0) is 19.9 Å². The van der Waals surface area contributed by atoms with E-state index in [1.807, 2.05) is 12.3 Å². The van der Waals surface area contributed by atoms with Crippen molar-refractivity contribution in [3.05, 3.63) is 18.6 Å². The van der Waals surface area contributed by atoms with E-state index in [9.17, 15) is 0 Å². The number of nitrogens with two attached hydrogens (primary N) is 1. The number of aromatic nitrogens is 3. The molecule has 2 heterocycles. The summed E-state index contributed by atoms with van der Waals surface area (Å²) in [7, 11) is 0. The Morgan fingerprint density at radius 3 is 2.71 bits per heavy atom. The molecule has 0 radical (unpaired) electrons. The Morgan fingerprint density at radius 1 is 1.36 bits per heavy atom. The minimum atomic E-state index is 0. The fraction of sp³-hybridized carbons (Fsp3) is 0.400. The predicted molar refractivity (Wildman–Crippen MR) is 59.1 cm³/mol. The lowest BCUT2D eigenvalue weighted by Gasteiger charge is -2.07. The third-order valence-corrected chi connectivity index (χ3v) is 2.10. The molecule has 4 nitrogen and oxygen atoms in total. The Bertz CT molecular complexity index is 431. The summed E-state index contributed by atoms with van der Waals surface area (Å²) in [5.41, 5.74) is 6.61. The molecule has 2 rings (SSSR count). The Kier molecular flexibility index (Phi) is 2.74. The summed E-state index contributed by atoms with van der Waals surface area (Å²) in [5.74, 6) is 0.546. The maximum Gasteiger partial charge on any atom is 0.145 e. The second kappa shape index (κ2) is 3.65. The van der Waals surface area contributed by atoms with Crippen molar-refractivity contribution >= 4 is 16.9 Å². The van der Waals surface area contributed by atoms with Gasteiger partial charge in [-0.3, -0.25) is 0 Å². The van der Waals surface area contributed by atoms with Crippen LogP contribution in [0, 0.1) is 0 Å². The number of fused-ring (bicyclic) bond motifs is 1.